The van der Waals surface area contributed by atoms with Gasteiger partial charge in [-0.2, -0.15) is 13.2 Å². The zero-order chi connectivity index (χ0) is 20.3. The molecule has 28 heavy (non-hydrogen) atoms. The van der Waals surface area contributed by atoms with Crippen molar-refractivity contribution in [3.8, 4) is 0 Å². The van der Waals surface area contributed by atoms with Crippen LogP contribution in [0.4, 0.5) is 24.5 Å². The predicted octanol–water partition coefficient (Wildman–Crippen LogP) is 3.42. The molecule has 0 fully saturated rings. The zero-order valence-corrected chi connectivity index (χ0v) is 15.2. The van der Waals surface area contributed by atoms with Gasteiger partial charge in [0.1, 0.15) is 6.04 Å². The molecule has 0 saturated heterocycles. The molecule has 1 aliphatic heterocycles. The van der Waals surface area contributed by atoms with Crippen LogP contribution in [0.2, 0.25) is 0 Å². The molecule has 0 bridgehead atoms. The monoisotopic (exact) mass is 391 g/mol. The van der Waals surface area contributed by atoms with Crippen LogP contribution in [-0.4, -0.2) is 42.5 Å². The molecule has 0 saturated carbocycles. The van der Waals surface area contributed by atoms with E-state index in [4.69, 9.17) is 0 Å². The van der Waals surface area contributed by atoms with Gasteiger partial charge in [0.05, 0.1) is 24.3 Å². The average molecular weight is 391 g/mol. The highest BCUT2D eigenvalue weighted by Gasteiger charge is 2.49. The lowest BCUT2D eigenvalue weighted by atomic mass is 10.1. The van der Waals surface area contributed by atoms with Crippen LogP contribution < -0.4 is 10.2 Å². The Morgan fingerprint density at radius 3 is 2.46 bits per heavy atom. The van der Waals surface area contributed by atoms with Gasteiger partial charge < -0.3 is 5.32 Å². The number of nitrogens with one attached hydrogen (secondary N) is 1. The third-order valence-electron chi connectivity index (χ3n) is 4.48. The Morgan fingerprint density at radius 1 is 1.14 bits per heavy atom. The summed E-state index contributed by atoms with van der Waals surface area (Å²) in [6, 6.07) is 13.1. The highest BCUT2D eigenvalue weighted by atomic mass is 19.4. The van der Waals surface area contributed by atoms with Crippen molar-refractivity contribution >= 4 is 23.2 Å². The van der Waals surface area contributed by atoms with E-state index < -0.39 is 30.5 Å². The Morgan fingerprint density at radius 2 is 1.79 bits per heavy atom. The normalized spacial score (nSPS) is 17.1. The number of benzene rings is 2. The maximum atomic E-state index is 13.7. The van der Waals surface area contributed by atoms with Gasteiger partial charge in [0, 0.05) is 6.54 Å². The number of anilines is 2. The molecule has 1 heterocycles. The highest BCUT2D eigenvalue weighted by molar-refractivity contribution is 6.05. The van der Waals surface area contributed by atoms with Crippen LogP contribution in [-0.2, 0) is 16.1 Å². The number of nitrogens with zero attached hydrogens (tertiary/aromatic N) is 2. The molecule has 1 unspecified atom stereocenters. The maximum absolute atomic E-state index is 13.7. The van der Waals surface area contributed by atoms with Crippen LogP contribution in [0.1, 0.15) is 12.0 Å². The Labute approximate surface area is 160 Å². The Kier molecular flexibility index (Phi) is 5.69. The number of alkyl halides is 3. The summed E-state index contributed by atoms with van der Waals surface area (Å²) < 4.78 is 41.1. The molecule has 2 aromatic rings. The molecule has 2 amide bonds. The van der Waals surface area contributed by atoms with Gasteiger partial charge in [0.25, 0.3) is 0 Å². The third kappa shape index (κ3) is 4.51. The predicted molar refractivity (Wildman–Crippen MR) is 99.8 cm³/mol. The quantitative estimate of drug-likeness (QED) is 0.869. The van der Waals surface area contributed by atoms with Gasteiger partial charge >= 0.3 is 6.18 Å². The van der Waals surface area contributed by atoms with Crippen molar-refractivity contribution in [2.75, 3.05) is 23.8 Å². The van der Waals surface area contributed by atoms with Gasteiger partial charge in [-0.15, -0.1) is 0 Å². The lowest BCUT2D eigenvalue weighted by Crippen LogP contribution is -2.52. The van der Waals surface area contributed by atoms with Gasteiger partial charge in [0.15, 0.2) is 0 Å². The molecule has 1 N–H and O–H groups in total. The minimum atomic E-state index is -4.73. The highest BCUT2D eigenvalue weighted by Crippen LogP contribution is 2.37. The van der Waals surface area contributed by atoms with Gasteiger partial charge in [-0.1, -0.05) is 42.5 Å². The lowest BCUT2D eigenvalue weighted by molar-refractivity contribution is -0.158. The van der Waals surface area contributed by atoms with Gasteiger partial charge in [-0.3, -0.25) is 19.4 Å². The molecule has 148 valence electrons. The molecule has 1 atom stereocenters. The second kappa shape index (κ2) is 8.02. The topological polar surface area (TPSA) is 52.7 Å². The third-order valence-corrected chi connectivity index (χ3v) is 4.48. The Bertz CT molecular complexity index is 855. The van der Waals surface area contributed by atoms with Crippen LogP contribution in [0.3, 0.4) is 0 Å². The first-order chi connectivity index (χ1) is 13.3. The molecule has 0 aromatic heterocycles. The number of hydrogen-bond donors (Lipinski definition) is 1. The van der Waals surface area contributed by atoms with Gasteiger partial charge in [0.2, 0.25) is 11.8 Å². The zero-order valence-electron chi connectivity index (χ0n) is 15.2. The molecule has 0 spiro atoms. The number of fused-ring (bicyclic) bond motifs is 1. The van der Waals surface area contributed by atoms with Crippen molar-refractivity contribution in [1.82, 2.24) is 4.90 Å². The van der Waals surface area contributed by atoms with E-state index in [9.17, 15) is 22.8 Å². The second-order valence-electron chi connectivity index (χ2n) is 6.75. The number of halogens is 3. The Hall–Kier alpha value is -2.87. The summed E-state index contributed by atoms with van der Waals surface area (Å²) in [6.45, 7) is 0.194. The molecule has 3 rings (SSSR count). The van der Waals surface area contributed by atoms with E-state index in [1.54, 1.807) is 18.0 Å². The van der Waals surface area contributed by atoms with Crippen LogP contribution in [0, 0.1) is 0 Å². The number of likely N-dealkylation sites (N-methyl/N-ethyl adjacent to an activating group) is 1. The standard InChI is InChI=1S/C20H20F3N3O2/c1-25(12-14-7-3-2-4-8-14)13-19(28)26-16-10-6-5-9-15(16)24-18(27)11-17(26)20(21,22)23/h2-10,17H,11-13H2,1H3,(H,24,27). The fraction of sp³-hybridized carbons (Fsp3) is 0.300. The fourth-order valence-corrected chi connectivity index (χ4v) is 3.25. The van der Waals surface area contributed by atoms with E-state index >= 15 is 0 Å². The minimum absolute atomic E-state index is 0.0498. The van der Waals surface area contributed by atoms with E-state index in [0.29, 0.717) is 11.4 Å². The average Bonchev–Trinajstić information content (AvgIpc) is 2.77. The number of rotatable bonds is 4. The summed E-state index contributed by atoms with van der Waals surface area (Å²) in [5.74, 6) is -1.49. The first kappa shape index (κ1) is 19.9. The largest absolute Gasteiger partial charge is 0.409 e. The van der Waals surface area contributed by atoms with Gasteiger partial charge in [-0.05, 0) is 24.7 Å². The van der Waals surface area contributed by atoms with Crippen molar-refractivity contribution in [2.24, 2.45) is 0 Å². The van der Waals surface area contributed by atoms with Crippen LogP contribution in [0.15, 0.2) is 54.6 Å². The van der Waals surface area contributed by atoms with Crippen molar-refractivity contribution in [2.45, 2.75) is 25.2 Å². The number of hydrogen-bond acceptors (Lipinski definition) is 3. The molecule has 8 heteroatoms. The van der Waals surface area contributed by atoms with Crippen LogP contribution in [0.25, 0.3) is 0 Å². The number of carbonyl (C=O) groups is 2. The van der Waals surface area contributed by atoms with Crippen LogP contribution >= 0.6 is 0 Å². The summed E-state index contributed by atoms with van der Waals surface area (Å²) in [7, 11) is 1.67. The minimum Gasteiger partial charge on any atom is -0.324 e. The SMILES string of the molecule is CN(CC(=O)N1c2ccccc2NC(=O)CC1C(F)(F)F)Cc1ccccc1. The summed E-state index contributed by atoms with van der Waals surface area (Å²) >= 11 is 0. The summed E-state index contributed by atoms with van der Waals surface area (Å²) in [4.78, 5) is 27.2. The van der Waals surface area contributed by atoms with Crippen LogP contribution in [0.5, 0.6) is 0 Å². The van der Waals surface area contributed by atoms with Gasteiger partial charge in [-0.25, -0.2) is 0 Å². The van der Waals surface area contributed by atoms with E-state index in [1.165, 1.54) is 18.2 Å². The summed E-state index contributed by atoms with van der Waals surface area (Å²) in [5.41, 5.74) is 1.19. The fourth-order valence-electron chi connectivity index (χ4n) is 3.25. The molecule has 2 aromatic carbocycles. The van der Waals surface area contributed by atoms with Crippen molar-refractivity contribution < 1.29 is 22.8 Å². The lowest BCUT2D eigenvalue weighted by Gasteiger charge is -2.33. The Balaban J connectivity index is 1.88. The molecule has 0 aliphatic carbocycles. The number of amides is 2. The summed E-state index contributed by atoms with van der Waals surface area (Å²) in [5, 5.41) is 2.46. The molecule has 0 radical (unpaired) electrons. The second-order valence-corrected chi connectivity index (χ2v) is 6.75. The maximum Gasteiger partial charge on any atom is 0.409 e. The van der Waals surface area contributed by atoms with Crippen molar-refractivity contribution in [3.63, 3.8) is 0 Å². The van der Waals surface area contributed by atoms with E-state index in [2.05, 4.69) is 5.32 Å². The molecular formula is C20H20F3N3O2. The number of para-hydroxylation sites is 2. The van der Waals surface area contributed by atoms with E-state index in [-0.39, 0.29) is 17.9 Å². The molecule has 5 nitrogen and oxygen atoms in total. The first-order valence-electron chi connectivity index (χ1n) is 8.76. The van der Waals surface area contributed by atoms with Crippen molar-refractivity contribution in [1.29, 1.82) is 0 Å². The smallest absolute Gasteiger partial charge is 0.324 e. The summed E-state index contributed by atoms with van der Waals surface area (Å²) in [6.07, 6.45) is -5.57. The van der Waals surface area contributed by atoms with E-state index in [0.717, 1.165) is 5.56 Å². The molecule has 1 aliphatic rings. The molecular weight excluding hydrogens is 371 g/mol. The first-order valence-corrected chi connectivity index (χ1v) is 8.76. The van der Waals surface area contributed by atoms with E-state index in [1.807, 2.05) is 30.3 Å². The van der Waals surface area contributed by atoms with Crippen molar-refractivity contribution in [3.05, 3.63) is 60.2 Å². The number of carbonyl (C=O) groups excluding carboxylic acids is 2.